The van der Waals surface area contributed by atoms with Crippen molar-refractivity contribution in [2.45, 2.75) is 38.0 Å². The second-order valence-electron chi connectivity index (χ2n) is 6.39. The number of aromatic nitrogens is 1. The summed E-state index contributed by atoms with van der Waals surface area (Å²) in [6.45, 7) is 0. The van der Waals surface area contributed by atoms with Crippen molar-refractivity contribution in [3.05, 3.63) is 102 Å². The number of pyridine rings is 1. The van der Waals surface area contributed by atoms with Gasteiger partial charge in [-0.2, -0.15) is 0 Å². The van der Waals surface area contributed by atoms with Crippen LogP contribution in [0.5, 0.6) is 0 Å². The Balaban J connectivity index is 1.59. The molecule has 1 atom stereocenters. The molecule has 0 amide bonds. The van der Waals surface area contributed by atoms with Crippen LogP contribution < -0.4 is 0 Å². The van der Waals surface area contributed by atoms with Crippen molar-refractivity contribution in [2.24, 2.45) is 0 Å². The average molecular weight is 315 g/mol. The predicted octanol–water partition coefficient (Wildman–Crippen LogP) is 5.82. The molecule has 0 saturated heterocycles. The summed E-state index contributed by atoms with van der Waals surface area (Å²) in [6, 6.07) is 25.9. The lowest BCUT2D eigenvalue weighted by Gasteiger charge is -2.17. The fraction of sp³-hybridized carbons (Fsp3) is 0.261. The SMILES string of the molecule is c1ccc(CCCC(CCc2ccccc2)c2cccnc2)cc1. The molecule has 1 aromatic heterocycles. The van der Waals surface area contributed by atoms with Crippen LogP contribution in [0.1, 0.15) is 41.9 Å². The molecule has 0 aliphatic carbocycles. The first-order chi connectivity index (χ1) is 11.9. The summed E-state index contributed by atoms with van der Waals surface area (Å²) in [5.41, 5.74) is 4.24. The Bertz CT molecular complexity index is 692. The van der Waals surface area contributed by atoms with Crippen molar-refractivity contribution in [3.8, 4) is 0 Å². The van der Waals surface area contributed by atoms with Crippen molar-refractivity contribution < 1.29 is 0 Å². The second kappa shape index (κ2) is 9.02. The van der Waals surface area contributed by atoms with E-state index in [4.69, 9.17) is 0 Å². The van der Waals surface area contributed by atoms with Crippen LogP contribution in [-0.4, -0.2) is 4.98 Å². The summed E-state index contributed by atoms with van der Waals surface area (Å²) >= 11 is 0. The van der Waals surface area contributed by atoms with E-state index in [1.165, 1.54) is 36.0 Å². The Hall–Kier alpha value is -2.41. The predicted molar refractivity (Wildman–Crippen MR) is 101 cm³/mol. The molecule has 1 heteroatoms. The van der Waals surface area contributed by atoms with Gasteiger partial charge in [0.1, 0.15) is 0 Å². The van der Waals surface area contributed by atoms with E-state index in [-0.39, 0.29) is 0 Å². The molecular weight excluding hydrogens is 290 g/mol. The minimum atomic E-state index is 0.586. The minimum Gasteiger partial charge on any atom is -0.264 e. The Morgan fingerprint density at radius 1 is 0.667 bits per heavy atom. The number of hydrogen-bond donors (Lipinski definition) is 0. The molecule has 0 aliphatic heterocycles. The number of aryl methyl sites for hydroxylation is 2. The van der Waals surface area contributed by atoms with E-state index in [0.29, 0.717) is 5.92 Å². The summed E-state index contributed by atoms with van der Waals surface area (Å²) in [7, 11) is 0. The van der Waals surface area contributed by atoms with Gasteiger partial charge in [0.25, 0.3) is 0 Å². The molecule has 0 radical (unpaired) electrons. The van der Waals surface area contributed by atoms with Gasteiger partial charge in [-0.05, 0) is 60.8 Å². The van der Waals surface area contributed by atoms with Crippen molar-refractivity contribution in [1.82, 2.24) is 4.98 Å². The fourth-order valence-electron chi connectivity index (χ4n) is 3.28. The highest BCUT2D eigenvalue weighted by Crippen LogP contribution is 2.27. The summed E-state index contributed by atoms with van der Waals surface area (Å²) in [4.78, 5) is 4.33. The number of benzene rings is 2. The quantitative estimate of drug-likeness (QED) is 0.510. The number of rotatable bonds is 8. The maximum absolute atomic E-state index is 4.33. The molecule has 2 aromatic carbocycles. The molecule has 1 nitrogen and oxygen atoms in total. The van der Waals surface area contributed by atoms with Gasteiger partial charge in [-0.15, -0.1) is 0 Å². The second-order valence-corrected chi connectivity index (χ2v) is 6.39. The maximum Gasteiger partial charge on any atom is 0.0302 e. The third kappa shape index (κ3) is 5.06. The highest BCUT2D eigenvalue weighted by atomic mass is 14.6. The van der Waals surface area contributed by atoms with Crippen LogP contribution in [-0.2, 0) is 12.8 Å². The Morgan fingerprint density at radius 2 is 1.33 bits per heavy atom. The van der Waals surface area contributed by atoms with Gasteiger partial charge in [0.2, 0.25) is 0 Å². The van der Waals surface area contributed by atoms with Gasteiger partial charge < -0.3 is 0 Å². The molecule has 0 bridgehead atoms. The summed E-state index contributed by atoms with van der Waals surface area (Å²) in [5.74, 6) is 0.586. The van der Waals surface area contributed by atoms with E-state index >= 15 is 0 Å². The van der Waals surface area contributed by atoms with Crippen LogP contribution in [0.25, 0.3) is 0 Å². The Morgan fingerprint density at radius 3 is 1.96 bits per heavy atom. The summed E-state index contributed by atoms with van der Waals surface area (Å²) in [5, 5.41) is 0. The van der Waals surface area contributed by atoms with Gasteiger partial charge in [0.15, 0.2) is 0 Å². The zero-order chi connectivity index (χ0) is 16.5. The van der Waals surface area contributed by atoms with E-state index in [1.807, 2.05) is 12.4 Å². The molecular formula is C23H25N. The fourth-order valence-corrected chi connectivity index (χ4v) is 3.28. The van der Waals surface area contributed by atoms with Gasteiger partial charge in [-0.1, -0.05) is 66.7 Å². The molecule has 0 saturated carbocycles. The first-order valence-corrected chi connectivity index (χ1v) is 8.89. The lowest BCUT2D eigenvalue weighted by molar-refractivity contribution is 0.551. The molecule has 122 valence electrons. The third-order valence-electron chi connectivity index (χ3n) is 4.64. The van der Waals surface area contributed by atoms with Crippen molar-refractivity contribution in [1.29, 1.82) is 0 Å². The Kier molecular flexibility index (Phi) is 6.18. The number of nitrogens with zero attached hydrogens (tertiary/aromatic N) is 1. The molecule has 3 aromatic rings. The van der Waals surface area contributed by atoms with Gasteiger partial charge in [-0.25, -0.2) is 0 Å². The normalized spacial score (nSPS) is 12.0. The van der Waals surface area contributed by atoms with Gasteiger partial charge in [0.05, 0.1) is 0 Å². The molecule has 0 fully saturated rings. The van der Waals surface area contributed by atoms with Crippen LogP contribution in [0.3, 0.4) is 0 Å². The maximum atomic E-state index is 4.33. The standard InChI is InChI=1S/C23H25N/c1-3-9-20(10-4-1)13-7-14-22(23-15-8-18-24-19-23)17-16-21-11-5-2-6-12-21/h1-6,8-12,15,18-19,22H,7,13-14,16-17H2. The zero-order valence-electron chi connectivity index (χ0n) is 14.1. The lowest BCUT2D eigenvalue weighted by Crippen LogP contribution is -2.03. The zero-order valence-corrected chi connectivity index (χ0v) is 14.1. The van der Waals surface area contributed by atoms with E-state index in [2.05, 4.69) is 77.8 Å². The first-order valence-electron chi connectivity index (χ1n) is 8.89. The monoisotopic (exact) mass is 315 g/mol. The van der Waals surface area contributed by atoms with Gasteiger partial charge in [0, 0.05) is 12.4 Å². The van der Waals surface area contributed by atoms with Crippen molar-refractivity contribution in [2.75, 3.05) is 0 Å². The largest absolute Gasteiger partial charge is 0.264 e. The lowest BCUT2D eigenvalue weighted by atomic mass is 9.88. The van der Waals surface area contributed by atoms with Crippen molar-refractivity contribution >= 4 is 0 Å². The minimum absolute atomic E-state index is 0.586. The van der Waals surface area contributed by atoms with Crippen LogP contribution in [0.4, 0.5) is 0 Å². The molecule has 3 rings (SSSR count). The number of hydrogen-bond acceptors (Lipinski definition) is 1. The van der Waals surface area contributed by atoms with Crippen LogP contribution in [0, 0.1) is 0 Å². The average Bonchev–Trinajstić information content (AvgIpc) is 2.67. The summed E-state index contributed by atoms with van der Waals surface area (Å²) < 4.78 is 0. The Labute approximate surface area is 145 Å². The third-order valence-corrected chi connectivity index (χ3v) is 4.64. The van der Waals surface area contributed by atoms with E-state index in [0.717, 1.165) is 12.8 Å². The van der Waals surface area contributed by atoms with Crippen LogP contribution in [0.15, 0.2) is 85.2 Å². The molecule has 0 aliphatic rings. The topological polar surface area (TPSA) is 12.9 Å². The molecule has 1 unspecified atom stereocenters. The van der Waals surface area contributed by atoms with Gasteiger partial charge in [-0.3, -0.25) is 4.98 Å². The van der Waals surface area contributed by atoms with Crippen molar-refractivity contribution in [3.63, 3.8) is 0 Å². The van der Waals surface area contributed by atoms with E-state index < -0.39 is 0 Å². The van der Waals surface area contributed by atoms with E-state index in [9.17, 15) is 0 Å². The van der Waals surface area contributed by atoms with Crippen LogP contribution in [0.2, 0.25) is 0 Å². The highest BCUT2D eigenvalue weighted by Gasteiger charge is 2.12. The molecule has 1 heterocycles. The highest BCUT2D eigenvalue weighted by molar-refractivity contribution is 5.19. The summed E-state index contributed by atoms with van der Waals surface area (Å²) in [6.07, 6.45) is 9.81. The van der Waals surface area contributed by atoms with Gasteiger partial charge >= 0.3 is 0 Å². The van der Waals surface area contributed by atoms with Crippen LogP contribution >= 0.6 is 0 Å². The first kappa shape index (κ1) is 16.4. The molecule has 0 spiro atoms. The molecule has 24 heavy (non-hydrogen) atoms. The molecule has 0 N–H and O–H groups in total. The smallest absolute Gasteiger partial charge is 0.0302 e. The van der Waals surface area contributed by atoms with E-state index in [1.54, 1.807) is 0 Å².